The highest BCUT2D eigenvalue weighted by Crippen LogP contribution is 2.42. The summed E-state index contributed by atoms with van der Waals surface area (Å²) in [4.78, 5) is 137. The largest absolute Gasteiger partial charge is 0.469 e. The molecule has 112 heavy (non-hydrogen) atoms. The molecular formula is C88H122O24. The van der Waals surface area contributed by atoms with Crippen LogP contribution in [0, 0.1) is 43.3 Å². The van der Waals surface area contributed by atoms with E-state index < -0.39 is 178 Å². The number of ether oxygens (including phenoxy) is 14. The van der Waals surface area contributed by atoms with Gasteiger partial charge in [0.15, 0.2) is 24.4 Å². The van der Waals surface area contributed by atoms with Crippen molar-refractivity contribution < 1.29 is 114 Å². The molecule has 24 heteroatoms. The zero-order valence-corrected chi connectivity index (χ0v) is 70.7. The molecule has 618 valence electrons. The Bertz CT molecular complexity index is 3720. The Hall–Kier alpha value is -8.90. The number of rotatable bonds is 27. The van der Waals surface area contributed by atoms with E-state index in [1.165, 1.54) is 14.2 Å². The summed E-state index contributed by atoms with van der Waals surface area (Å²) in [6.45, 7) is 38.6. The molecule has 0 spiro atoms. The maximum atomic E-state index is 14.2. The maximum absolute atomic E-state index is 14.2. The van der Waals surface area contributed by atoms with Crippen LogP contribution in [0.5, 0.6) is 11.5 Å². The van der Waals surface area contributed by atoms with Crippen molar-refractivity contribution in [2.75, 3.05) is 27.4 Å². The van der Waals surface area contributed by atoms with E-state index >= 15 is 0 Å². The molecule has 4 aromatic carbocycles. The molecule has 0 bridgehead atoms. The van der Waals surface area contributed by atoms with Gasteiger partial charge >= 0.3 is 59.7 Å². The van der Waals surface area contributed by atoms with Crippen LogP contribution < -0.4 is 9.47 Å². The van der Waals surface area contributed by atoms with Gasteiger partial charge in [-0.15, -0.1) is 0 Å². The predicted molar refractivity (Wildman–Crippen MR) is 416 cm³/mol. The fourth-order valence-corrected chi connectivity index (χ4v) is 11.1. The molecule has 2 aliphatic rings. The smallest absolute Gasteiger partial charge is 0.311 e. The fraction of sp³-hybridized carbons (Fsp3) is 0.614. The van der Waals surface area contributed by atoms with Gasteiger partial charge in [0.2, 0.25) is 24.8 Å². The first kappa shape index (κ1) is 92.0. The second-order valence-corrected chi connectivity index (χ2v) is 37.2. The number of carbonyl (C=O) groups excluding carboxylic acids is 10. The van der Waals surface area contributed by atoms with Gasteiger partial charge in [-0.3, -0.25) is 47.9 Å². The Balaban J connectivity index is 1.38. The van der Waals surface area contributed by atoms with E-state index in [4.69, 9.17) is 66.3 Å². The summed E-state index contributed by atoms with van der Waals surface area (Å²) in [7, 11) is 2.61. The van der Waals surface area contributed by atoms with Gasteiger partial charge in [-0.05, 0) is 249 Å². The number of unbranched alkanes of at least 4 members (excludes halogenated alkanes) is 3. The Labute approximate surface area is 661 Å². The van der Waals surface area contributed by atoms with E-state index in [9.17, 15) is 47.9 Å². The van der Waals surface area contributed by atoms with Gasteiger partial charge < -0.3 is 66.3 Å². The van der Waals surface area contributed by atoms with E-state index in [0.717, 1.165) is 36.8 Å². The van der Waals surface area contributed by atoms with E-state index in [0.29, 0.717) is 46.2 Å². The van der Waals surface area contributed by atoms with Gasteiger partial charge in [0.05, 0.1) is 70.4 Å². The number of hydrogen-bond acceptors (Lipinski definition) is 24. The molecule has 0 unspecified atom stereocenters. The van der Waals surface area contributed by atoms with Crippen LogP contribution in [0.1, 0.15) is 214 Å². The molecule has 0 amide bonds. The van der Waals surface area contributed by atoms with Crippen LogP contribution in [0.3, 0.4) is 0 Å². The van der Waals surface area contributed by atoms with Gasteiger partial charge in [-0.1, -0.05) is 73.5 Å². The number of benzene rings is 4. The van der Waals surface area contributed by atoms with Crippen LogP contribution in [0.15, 0.2) is 84.9 Å². The maximum Gasteiger partial charge on any atom is 0.311 e. The van der Waals surface area contributed by atoms with E-state index in [1.54, 1.807) is 203 Å². The molecule has 0 aromatic heterocycles. The van der Waals surface area contributed by atoms with Crippen molar-refractivity contribution in [2.45, 2.75) is 279 Å². The fourth-order valence-electron chi connectivity index (χ4n) is 11.1. The van der Waals surface area contributed by atoms with Crippen molar-refractivity contribution >= 4 is 59.7 Å². The second kappa shape index (κ2) is 37.4. The minimum Gasteiger partial charge on any atom is -0.469 e. The highest BCUT2D eigenvalue weighted by Gasteiger charge is 2.58. The monoisotopic (exact) mass is 1560 g/mol. The van der Waals surface area contributed by atoms with Crippen LogP contribution in [0.4, 0.5) is 0 Å². The van der Waals surface area contributed by atoms with Crippen LogP contribution >= 0.6 is 0 Å². The van der Waals surface area contributed by atoms with Crippen molar-refractivity contribution in [1.82, 2.24) is 0 Å². The lowest BCUT2D eigenvalue weighted by Gasteiger charge is -2.45. The van der Waals surface area contributed by atoms with E-state index in [1.807, 2.05) is 48.5 Å². The molecule has 0 radical (unpaired) electrons. The Morgan fingerprint density at radius 2 is 0.589 bits per heavy atom. The minimum absolute atomic E-state index is 0.0472. The number of aryl methyl sites for hydroxylation is 2. The summed E-state index contributed by atoms with van der Waals surface area (Å²) in [6, 6.07) is 25.7. The van der Waals surface area contributed by atoms with Crippen molar-refractivity contribution in [3.8, 4) is 33.8 Å². The van der Waals surface area contributed by atoms with Crippen LogP contribution in [-0.4, -0.2) is 149 Å². The molecule has 2 fully saturated rings. The molecule has 0 aliphatic carbocycles. The van der Waals surface area contributed by atoms with Gasteiger partial charge in [0, 0.05) is 11.1 Å². The highest BCUT2D eigenvalue weighted by atomic mass is 16.8. The summed E-state index contributed by atoms with van der Waals surface area (Å²) in [5, 5.41) is 0. The normalized spacial score (nSPS) is 20.5. The number of methoxy groups -OCH3 is 2. The van der Waals surface area contributed by atoms with E-state index in [2.05, 4.69) is 0 Å². The molecule has 2 heterocycles. The van der Waals surface area contributed by atoms with Crippen molar-refractivity contribution in [3.05, 3.63) is 107 Å². The topological polar surface area (TPSA) is 300 Å². The van der Waals surface area contributed by atoms with Crippen molar-refractivity contribution in [3.63, 3.8) is 0 Å². The lowest BCUT2D eigenvalue weighted by molar-refractivity contribution is -0.293. The zero-order valence-electron chi connectivity index (χ0n) is 70.7. The Morgan fingerprint density at radius 3 is 0.866 bits per heavy atom. The molecule has 0 N–H and O–H groups in total. The van der Waals surface area contributed by atoms with Crippen molar-refractivity contribution in [2.24, 2.45) is 43.3 Å². The zero-order chi connectivity index (χ0) is 84.2. The summed E-state index contributed by atoms with van der Waals surface area (Å²) >= 11 is 0. The third-order valence-corrected chi connectivity index (χ3v) is 18.2. The molecule has 4 aromatic rings. The standard InChI is InChI=1S/C88H122O24/c1-81(2,3)73(91)101-49-61-65(107-75(93)83(7,8)9)67(109-77(95)85(13,14)15)69(111-79(97)87(19,20)21)71(105-61)103-59-41-39-51(45-57(59)55-37-31-35-53(43-55)47-63(89)99-25)33-29-27-28-30-34-52-40-42-60(58(46-52)56-38-32-36-54(44-56)48-64(90)100-26)104-72-70(112-80(98)88(22,23)24)68(110-78(96)86(16,17)18)66(108-76(94)84(10,11)12)62(106-72)50-102-74(92)82(4,5)6/h31-32,35-46,61-62,65-72H,27-30,33-34,47-50H2,1-26H3/t61-,62-,65-,66-,67+,68+,69+,70+,71+,72+/m1/s1. The van der Waals surface area contributed by atoms with Gasteiger partial charge in [-0.25, -0.2) is 0 Å². The molecular weight excluding hydrogens is 1440 g/mol. The Kier molecular flexibility index (Phi) is 30.7. The van der Waals surface area contributed by atoms with Crippen LogP contribution in [0.2, 0.25) is 0 Å². The van der Waals surface area contributed by atoms with Gasteiger partial charge in [-0.2, -0.15) is 0 Å². The lowest BCUT2D eigenvalue weighted by Crippen LogP contribution is -2.65. The summed E-state index contributed by atoms with van der Waals surface area (Å²) in [5.74, 6) is -6.04. The third-order valence-electron chi connectivity index (χ3n) is 18.2. The minimum atomic E-state index is -1.61. The highest BCUT2D eigenvalue weighted by molar-refractivity contribution is 5.82. The number of esters is 10. The SMILES string of the molecule is COC(=O)Cc1cccc(-c2cc(CCCCCCc3ccc(O[C@H]4O[C@H](COC(=O)C(C)(C)C)[C@@H](OC(=O)C(C)(C)C)[C@H](OC(=O)C(C)(C)C)[C@@H]4OC(=O)C(C)(C)C)c(-c4cccc(CC(=O)OC)c4)c3)ccc2O[C@H]2O[C@H](COC(=O)C(C)(C)C)[C@@H](OC(=O)C(C)(C)C)[C@H](OC(=O)C(C)(C)C)[C@@H]2OC(=O)C(C)(C)C)c1. The van der Waals surface area contributed by atoms with Crippen LogP contribution in [0.25, 0.3) is 22.3 Å². The van der Waals surface area contributed by atoms with Crippen molar-refractivity contribution in [1.29, 1.82) is 0 Å². The first-order chi connectivity index (χ1) is 51.6. The summed E-state index contributed by atoms with van der Waals surface area (Å²) in [5.41, 5.74) is -3.22. The van der Waals surface area contributed by atoms with Gasteiger partial charge in [0.1, 0.15) is 36.9 Å². The molecule has 2 aliphatic heterocycles. The number of carbonyl (C=O) groups is 10. The quantitative estimate of drug-likeness (QED) is 0.0304. The molecule has 0 saturated carbocycles. The first-order valence-corrected chi connectivity index (χ1v) is 38.4. The molecule has 24 nitrogen and oxygen atoms in total. The summed E-state index contributed by atoms with van der Waals surface area (Å²) < 4.78 is 86.9. The van der Waals surface area contributed by atoms with E-state index in [-0.39, 0.29) is 24.3 Å². The average Bonchev–Trinajstić information content (AvgIpc) is 0.768. The second-order valence-electron chi connectivity index (χ2n) is 37.2. The summed E-state index contributed by atoms with van der Waals surface area (Å²) in [6.07, 6.45) is -11.2. The number of hydrogen-bond donors (Lipinski definition) is 0. The molecule has 2 saturated heterocycles. The predicted octanol–water partition coefficient (Wildman–Crippen LogP) is 14.9. The average molecular weight is 1560 g/mol. The lowest BCUT2D eigenvalue weighted by atomic mass is 9.93. The van der Waals surface area contributed by atoms with Gasteiger partial charge in [0.25, 0.3) is 0 Å². The van der Waals surface area contributed by atoms with Crippen LogP contribution in [-0.2, 0) is 130 Å². The molecule has 10 atom stereocenters. The Morgan fingerprint density at radius 1 is 0.312 bits per heavy atom. The third kappa shape index (κ3) is 26.3. The first-order valence-electron chi connectivity index (χ1n) is 38.4. The molecule has 6 rings (SSSR count).